The Hall–Kier alpha value is -1.21. The quantitative estimate of drug-likeness (QED) is 0.0478. The Balaban J connectivity index is 0. The van der Waals surface area contributed by atoms with Gasteiger partial charge in [0.15, 0.2) is 0 Å². The molecule has 1 rings (SSSR count). The molecule has 10 heteroatoms. The van der Waals surface area contributed by atoms with Crippen molar-refractivity contribution in [3.8, 4) is 0 Å². The lowest BCUT2D eigenvalue weighted by Crippen LogP contribution is -2.41. The lowest BCUT2D eigenvalue weighted by Gasteiger charge is -2.32. The van der Waals surface area contributed by atoms with Crippen LogP contribution in [-0.2, 0) is 22.6 Å². The molecule has 1 unspecified atom stereocenters. The predicted octanol–water partition coefficient (Wildman–Crippen LogP) is 7.31. The van der Waals surface area contributed by atoms with Crippen molar-refractivity contribution < 1.29 is 19.7 Å². The van der Waals surface area contributed by atoms with E-state index in [0.717, 1.165) is 71.4 Å². The van der Waals surface area contributed by atoms with Crippen LogP contribution < -0.4 is 16.8 Å². The summed E-state index contributed by atoms with van der Waals surface area (Å²) >= 11 is 3.97. The minimum atomic E-state index is -0.300. The molecule has 0 heterocycles. The number of hydrogen-bond donors (Lipinski definition) is 6. The summed E-state index contributed by atoms with van der Waals surface area (Å²) in [6, 6.07) is 8.90. The van der Waals surface area contributed by atoms with Crippen molar-refractivity contribution in [2.45, 2.75) is 155 Å². The first-order valence-corrected chi connectivity index (χ1v) is 19.7. The third-order valence-electron chi connectivity index (χ3n) is 8.66. The fourth-order valence-electron chi connectivity index (χ4n) is 4.50. The van der Waals surface area contributed by atoms with E-state index in [9.17, 15) is 10.2 Å². The molecule has 1 aromatic carbocycles. The van der Waals surface area contributed by atoms with Crippen molar-refractivity contribution in [2.75, 3.05) is 60.1 Å². The van der Waals surface area contributed by atoms with Crippen molar-refractivity contribution in [3.63, 3.8) is 0 Å². The van der Waals surface area contributed by atoms with E-state index in [0.29, 0.717) is 30.6 Å². The molecule has 0 spiro atoms. The highest BCUT2D eigenvalue weighted by Gasteiger charge is 2.22. The first-order chi connectivity index (χ1) is 23.5. The SMILES string of the molecule is CC(C)S.CCC(C)(N)CCN(CCC(C)(C)OCCO)Cc1ccc(CN(CC/C(O)=C/COC(C)(C)CC)CCC(C)(C)N)cc1.CNC. The summed E-state index contributed by atoms with van der Waals surface area (Å²) in [6.45, 7) is 28.7. The molecule has 0 radical (unpaired) electrons. The van der Waals surface area contributed by atoms with Gasteiger partial charge in [-0.2, -0.15) is 12.6 Å². The van der Waals surface area contributed by atoms with Crippen LogP contribution in [0, 0.1) is 0 Å². The number of thiol groups is 1. The number of nitrogens with two attached hydrogens (primary N) is 2. The molecule has 1 atom stereocenters. The van der Waals surface area contributed by atoms with Gasteiger partial charge in [-0.05, 0) is 117 Å². The zero-order valence-corrected chi connectivity index (χ0v) is 36.2. The van der Waals surface area contributed by atoms with Gasteiger partial charge in [0.05, 0.1) is 36.8 Å². The van der Waals surface area contributed by atoms with Crippen LogP contribution >= 0.6 is 12.6 Å². The van der Waals surface area contributed by atoms with Crippen LogP contribution in [0.15, 0.2) is 36.1 Å². The summed E-state index contributed by atoms with van der Waals surface area (Å²) in [7, 11) is 3.75. The largest absolute Gasteiger partial charge is 0.513 e. The van der Waals surface area contributed by atoms with Crippen LogP contribution in [0.3, 0.4) is 0 Å². The smallest absolute Gasteiger partial charge is 0.0918 e. The van der Waals surface area contributed by atoms with Crippen LogP contribution in [0.1, 0.15) is 126 Å². The number of nitrogens with zero attached hydrogens (tertiary/aromatic N) is 2. The van der Waals surface area contributed by atoms with Gasteiger partial charge in [0.2, 0.25) is 0 Å². The number of hydrogen-bond acceptors (Lipinski definition) is 10. The molecule has 0 fully saturated rings. The van der Waals surface area contributed by atoms with E-state index in [1.807, 2.05) is 27.9 Å². The van der Waals surface area contributed by atoms with Crippen LogP contribution in [0.4, 0.5) is 0 Å². The average molecular weight is 742 g/mol. The topological polar surface area (TPSA) is 129 Å². The number of ether oxygens (including phenoxy) is 2. The lowest BCUT2D eigenvalue weighted by atomic mass is 9.95. The van der Waals surface area contributed by atoms with E-state index in [2.05, 4.69) is 114 Å². The third-order valence-corrected chi connectivity index (χ3v) is 8.66. The summed E-state index contributed by atoms with van der Waals surface area (Å²) in [5, 5.41) is 23.0. The standard InChI is InChI=1S/C36H68N4O4.C3H8S.C2H7N/c1-10-34(5,6)43-26-17-32(42)16-21-39(22-18-33(3,4)37)28-30-12-14-31(15-13-30)29-40(24-20-36(9,38)11-2)23-19-35(7,8)44-27-25-41;1-3(2)4;1-3-2/h12-15,17,41-42H,10-11,16,18-29,37-38H2,1-9H3;3-4H,1-2H3;3H,1-2H3/b32-17-;;. The molecule has 1 aromatic rings. The second-order valence-corrected chi connectivity index (χ2v) is 17.4. The lowest BCUT2D eigenvalue weighted by molar-refractivity contribution is -0.0432. The monoisotopic (exact) mass is 742 g/mol. The van der Waals surface area contributed by atoms with E-state index in [4.69, 9.17) is 20.9 Å². The number of nitrogens with one attached hydrogen (secondary N) is 1. The first-order valence-electron chi connectivity index (χ1n) is 19.2. The number of rotatable bonds is 24. The molecule has 0 saturated heterocycles. The van der Waals surface area contributed by atoms with E-state index in [1.165, 1.54) is 11.1 Å². The summed E-state index contributed by atoms with van der Waals surface area (Å²) in [4.78, 5) is 4.84. The van der Waals surface area contributed by atoms with E-state index < -0.39 is 0 Å². The second-order valence-electron chi connectivity index (χ2n) is 16.4. The molecular weight excluding hydrogens is 659 g/mol. The maximum atomic E-state index is 10.5. The molecule has 0 aliphatic carbocycles. The van der Waals surface area contributed by atoms with Crippen molar-refractivity contribution in [2.24, 2.45) is 11.5 Å². The molecule has 0 aromatic heterocycles. The first kappa shape index (κ1) is 51.9. The van der Waals surface area contributed by atoms with Gasteiger partial charge < -0.3 is 36.5 Å². The number of benzene rings is 1. The fourth-order valence-corrected chi connectivity index (χ4v) is 4.50. The summed E-state index contributed by atoms with van der Waals surface area (Å²) in [5.74, 6) is 0.367. The molecule has 0 amide bonds. The van der Waals surface area contributed by atoms with E-state index in [1.54, 1.807) is 6.08 Å². The summed E-state index contributed by atoms with van der Waals surface area (Å²) < 4.78 is 11.7. The van der Waals surface area contributed by atoms with Crippen LogP contribution in [0.2, 0.25) is 0 Å². The van der Waals surface area contributed by atoms with Crippen molar-refractivity contribution in [1.82, 2.24) is 15.1 Å². The minimum absolute atomic E-state index is 0.0350. The van der Waals surface area contributed by atoms with Gasteiger partial charge in [0.25, 0.3) is 0 Å². The molecule has 9 nitrogen and oxygen atoms in total. The molecule has 0 aliphatic rings. The van der Waals surface area contributed by atoms with Crippen molar-refractivity contribution in [1.29, 1.82) is 0 Å². The van der Waals surface area contributed by atoms with Gasteiger partial charge in [-0.15, -0.1) is 0 Å². The molecule has 0 saturated carbocycles. The predicted molar refractivity (Wildman–Crippen MR) is 224 cm³/mol. The zero-order valence-electron chi connectivity index (χ0n) is 35.3. The Kier molecular flexibility index (Phi) is 27.9. The average Bonchev–Trinajstić information content (AvgIpc) is 3.03. The molecule has 7 N–H and O–H groups in total. The van der Waals surface area contributed by atoms with Gasteiger partial charge in [-0.1, -0.05) is 52.0 Å². The zero-order chi connectivity index (χ0) is 39.7. The van der Waals surface area contributed by atoms with Crippen molar-refractivity contribution >= 4 is 12.6 Å². The highest BCUT2D eigenvalue weighted by atomic mass is 32.1. The number of aliphatic hydroxyl groups is 2. The molecule has 0 aliphatic heterocycles. The normalized spacial score (nSPS) is 13.9. The van der Waals surface area contributed by atoms with E-state index >= 15 is 0 Å². The number of aliphatic hydroxyl groups excluding tert-OH is 2. The van der Waals surface area contributed by atoms with Crippen LogP contribution in [-0.4, -0.2) is 108 Å². The van der Waals surface area contributed by atoms with Crippen LogP contribution in [0.5, 0.6) is 0 Å². The van der Waals surface area contributed by atoms with Gasteiger partial charge >= 0.3 is 0 Å². The molecule has 302 valence electrons. The Morgan fingerprint density at radius 2 is 1.25 bits per heavy atom. The fraction of sp³-hybridized carbons (Fsp3) is 0.805. The van der Waals surface area contributed by atoms with Gasteiger partial charge in [0, 0.05) is 56.8 Å². The maximum Gasteiger partial charge on any atom is 0.0918 e. The molecular formula is C41H83N5O4S. The Bertz CT molecular complexity index is 1010. The van der Waals surface area contributed by atoms with Crippen molar-refractivity contribution in [3.05, 3.63) is 47.2 Å². The van der Waals surface area contributed by atoms with Gasteiger partial charge in [0.1, 0.15) is 0 Å². The van der Waals surface area contributed by atoms with E-state index in [-0.39, 0.29) is 28.9 Å². The van der Waals surface area contributed by atoms with Gasteiger partial charge in [-0.25, -0.2) is 0 Å². The summed E-state index contributed by atoms with van der Waals surface area (Å²) in [5.41, 5.74) is 14.4. The minimum Gasteiger partial charge on any atom is -0.513 e. The maximum absolute atomic E-state index is 10.5. The Morgan fingerprint density at radius 1 is 0.804 bits per heavy atom. The second kappa shape index (κ2) is 27.4. The highest BCUT2D eigenvalue weighted by molar-refractivity contribution is 7.80. The summed E-state index contributed by atoms with van der Waals surface area (Å²) in [6.07, 6.45) is 6.89. The Labute approximate surface area is 320 Å². The van der Waals surface area contributed by atoms with Gasteiger partial charge in [-0.3, -0.25) is 9.80 Å². The molecule has 51 heavy (non-hydrogen) atoms. The third kappa shape index (κ3) is 32.0. The molecule has 0 bridgehead atoms. The highest BCUT2D eigenvalue weighted by Crippen LogP contribution is 2.20. The Morgan fingerprint density at radius 3 is 1.69 bits per heavy atom. The van der Waals surface area contributed by atoms with Crippen LogP contribution in [0.25, 0.3) is 0 Å².